The minimum atomic E-state index is -0.316. The maximum Gasteiger partial charge on any atom is 0.253 e. The molecule has 0 heterocycles. The largest absolute Gasteiger partial charge is 0.272 e. The highest BCUT2D eigenvalue weighted by molar-refractivity contribution is 7.99. The zero-order valence-electron chi connectivity index (χ0n) is 9.55. The third kappa shape index (κ3) is 9.86. The molecule has 0 radical (unpaired) electrons. The van der Waals surface area contributed by atoms with E-state index >= 15 is 0 Å². The van der Waals surface area contributed by atoms with E-state index in [1.807, 2.05) is 20.8 Å². The van der Waals surface area contributed by atoms with E-state index in [0.717, 1.165) is 12.2 Å². The molecule has 0 aliphatic rings. The fourth-order valence-electron chi connectivity index (χ4n) is 0.651. The minimum absolute atomic E-state index is 0.0546. The first-order valence-corrected chi connectivity index (χ1v) is 6.16. The summed E-state index contributed by atoms with van der Waals surface area (Å²) in [6, 6.07) is 0. The SMILES string of the molecule is CCCCSCC(=O)NOC(C)(C)C. The zero-order valence-corrected chi connectivity index (χ0v) is 10.4. The van der Waals surface area contributed by atoms with Gasteiger partial charge in [-0.15, -0.1) is 0 Å². The third-order valence-electron chi connectivity index (χ3n) is 1.35. The molecular formula is C10H21NO2S. The van der Waals surface area contributed by atoms with Gasteiger partial charge in [0.05, 0.1) is 11.4 Å². The van der Waals surface area contributed by atoms with Crippen molar-refractivity contribution in [1.82, 2.24) is 5.48 Å². The van der Waals surface area contributed by atoms with Gasteiger partial charge in [0.25, 0.3) is 5.91 Å². The Morgan fingerprint density at radius 1 is 1.43 bits per heavy atom. The number of amides is 1. The van der Waals surface area contributed by atoms with E-state index in [9.17, 15) is 4.79 Å². The molecule has 3 nitrogen and oxygen atoms in total. The van der Waals surface area contributed by atoms with E-state index in [1.54, 1.807) is 11.8 Å². The molecule has 1 amide bonds. The van der Waals surface area contributed by atoms with E-state index < -0.39 is 0 Å². The number of carbonyl (C=O) groups excluding carboxylic acids is 1. The van der Waals surface area contributed by atoms with Crippen molar-refractivity contribution in [2.75, 3.05) is 11.5 Å². The molecule has 0 aliphatic heterocycles. The Morgan fingerprint density at radius 3 is 2.57 bits per heavy atom. The number of nitrogens with one attached hydrogen (secondary N) is 1. The van der Waals surface area contributed by atoms with Crippen molar-refractivity contribution in [2.24, 2.45) is 0 Å². The molecule has 0 aromatic rings. The van der Waals surface area contributed by atoms with Gasteiger partial charge < -0.3 is 0 Å². The van der Waals surface area contributed by atoms with Gasteiger partial charge in [-0.3, -0.25) is 9.63 Å². The van der Waals surface area contributed by atoms with Crippen molar-refractivity contribution in [2.45, 2.75) is 46.1 Å². The van der Waals surface area contributed by atoms with E-state index in [4.69, 9.17) is 4.84 Å². The van der Waals surface area contributed by atoms with Crippen LogP contribution in [0.1, 0.15) is 40.5 Å². The number of carbonyl (C=O) groups is 1. The lowest BCUT2D eigenvalue weighted by molar-refractivity contribution is -0.142. The monoisotopic (exact) mass is 219 g/mol. The summed E-state index contributed by atoms with van der Waals surface area (Å²) in [6.45, 7) is 7.84. The van der Waals surface area contributed by atoms with Crippen molar-refractivity contribution in [3.63, 3.8) is 0 Å². The number of unbranched alkanes of at least 4 members (excludes halogenated alkanes) is 1. The second-order valence-corrected chi connectivity index (χ2v) is 5.25. The van der Waals surface area contributed by atoms with E-state index in [0.29, 0.717) is 5.75 Å². The number of thioether (sulfide) groups is 1. The quantitative estimate of drug-likeness (QED) is 0.550. The summed E-state index contributed by atoms with van der Waals surface area (Å²) in [4.78, 5) is 16.3. The van der Waals surface area contributed by atoms with Crippen LogP contribution < -0.4 is 5.48 Å². The predicted molar refractivity (Wildman–Crippen MR) is 61.2 cm³/mol. The predicted octanol–water partition coefficient (Wildman–Crippen LogP) is 2.37. The Hall–Kier alpha value is -0.220. The molecule has 84 valence electrons. The lowest BCUT2D eigenvalue weighted by Gasteiger charge is -2.18. The topological polar surface area (TPSA) is 38.3 Å². The Labute approximate surface area is 90.9 Å². The number of hydrogen-bond acceptors (Lipinski definition) is 3. The van der Waals surface area contributed by atoms with Gasteiger partial charge in [0.2, 0.25) is 0 Å². The van der Waals surface area contributed by atoms with Crippen LogP contribution in [-0.2, 0) is 9.63 Å². The van der Waals surface area contributed by atoms with Crippen LogP contribution in [0.3, 0.4) is 0 Å². The summed E-state index contributed by atoms with van der Waals surface area (Å²) in [5.74, 6) is 1.47. The summed E-state index contributed by atoms with van der Waals surface area (Å²) in [5.41, 5.74) is 2.12. The van der Waals surface area contributed by atoms with Crippen LogP contribution >= 0.6 is 11.8 Å². The second kappa shape index (κ2) is 7.12. The summed E-state index contributed by atoms with van der Waals surface area (Å²) in [7, 11) is 0. The van der Waals surface area contributed by atoms with Gasteiger partial charge >= 0.3 is 0 Å². The van der Waals surface area contributed by atoms with Gasteiger partial charge in [-0.05, 0) is 32.9 Å². The Kier molecular flexibility index (Phi) is 7.01. The molecule has 0 fully saturated rings. The van der Waals surface area contributed by atoms with Crippen LogP contribution in [0, 0.1) is 0 Å². The molecule has 0 aliphatic carbocycles. The number of rotatable bonds is 6. The molecule has 0 rings (SSSR count). The first-order valence-electron chi connectivity index (χ1n) is 5.00. The van der Waals surface area contributed by atoms with Crippen molar-refractivity contribution >= 4 is 17.7 Å². The minimum Gasteiger partial charge on any atom is -0.272 e. The van der Waals surface area contributed by atoms with Gasteiger partial charge in [-0.25, -0.2) is 5.48 Å². The van der Waals surface area contributed by atoms with E-state index in [1.165, 1.54) is 6.42 Å². The highest BCUT2D eigenvalue weighted by Gasteiger charge is 2.12. The molecule has 0 atom stereocenters. The Morgan fingerprint density at radius 2 is 2.07 bits per heavy atom. The van der Waals surface area contributed by atoms with Crippen LogP contribution in [-0.4, -0.2) is 23.0 Å². The van der Waals surface area contributed by atoms with Gasteiger partial charge in [0.15, 0.2) is 0 Å². The molecule has 0 spiro atoms. The van der Waals surface area contributed by atoms with Gasteiger partial charge in [0, 0.05) is 0 Å². The van der Waals surface area contributed by atoms with Gasteiger partial charge in [0.1, 0.15) is 0 Å². The molecule has 0 saturated carbocycles. The molecular weight excluding hydrogens is 198 g/mol. The summed E-state index contributed by atoms with van der Waals surface area (Å²) in [5, 5.41) is 0. The molecule has 4 heteroatoms. The normalized spacial score (nSPS) is 11.4. The highest BCUT2D eigenvalue weighted by atomic mass is 32.2. The lowest BCUT2D eigenvalue weighted by Crippen LogP contribution is -2.34. The maximum atomic E-state index is 11.2. The van der Waals surface area contributed by atoms with Crippen molar-refractivity contribution in [3.05, 3.63) is 0 Å². The molecule has 14 heavy (non-hydrogen) atoms. The molecule has 0 saturated heterocycles. The van der Waals surface area contributed by atoms with Crippen LogP contribution in [0.2, 0.25) is 0 Å². The lowest BCUT2D eigenvalue weighted by atomic mass is 10.2. The highest BCUT2D eigenvalue weighted by Crippen LogP contribution is 2.06. The maximum absolute atomic E-state index is 11.2. The van der Waals surface area contributed by atoms with Crippen LogP contribution in [0.5, 0.6) is 0 Å². The van der Waals surface area contributed by atoms with Crippen molar-refractivity contribution in [3.8, 4) is 0 Å². The summed E-state index contributed by atoms with van der Waals surface area (Å²) in [6.07, 6.45) is 2.34. The third-order valence-corrected chi connectivity index (χ3v) is 2.39. The first-order chi connectivity index (χ1) is 6.45. The van der Waals surface area contributed by atoms with Gasteiger partial charge in [-0.1, -0.05) is 13.3 Å². The Balaban J connectivity index is 3.38. The van der Waals surface area contributed by atoms with Gasteiger partial charge in [-0.2, -0.15) is 11.8 Å². The molecule has 0 bridgehead atoms. The van der Waals surface area contributed by atoms with Crippen LogP contribution in [0.15, 0.2) is 0 Å². The van der Waals surface area contributed by atoms with Crippen molar-refractivity contribution in [1.29, 1.82) is 0 Å². The molecule has 0 aromatic heterocycles. The number of hydroxylamine groups is 1. The second-order valence-electron chi connectivity index (χ2n) is 4.15. The number of hydrogen-bond donors (Lipinski definition) is 1. The zero-order chi connectivity index (χ0) is 11.0. The fourth-order valence-corrected chi connectivity index (χ4v) is 1.53. The van der Waals surface area contributed by atoms with Crippen LogP contribution in [0.25, 0.3) is 0 Å². The fraction of sp³-hybridized carbons (Fsp3) is 0.900. The summed E-state index contributed by atoms with van der Waals surface area (Å²) < 4.78 is 0. The average molecular weight is 219 g/mol. The van der Waals surface area contributed by atoms with E-state index in [-0.39, 0.29) is 11.5 Å². The van der Waals surface area contributed by atoms with Crippen molar-refractivity contribution < 1.29 is 9.63 Å². The average Bonchev–Trinajstić information content (AvgIpc) is 2.08. The molecule has 0 aromatic carbocycles. The Bertz CT molecular complexity index is 166. The standard InChI is InChI=1S/C10H21NO2S/c1-5-6-7-14-8-9(12)11-13-10(2,3)4/h5-8H2,1-4H3,(H,11,12). The smallest absolute Gasteiger partial charge is 0.253 e. The van der Waals surface area contributed by atoms with Crippen LogP contribution in [0.4, 0.5) is 0 Å². The first kappa shape index (κ1) is 13.8. The molecule has 1 N–H and O–H groups in total. The summed E-state index contributed by atoms with van der Waals surface area (Å²) >= 11 is 1.64. The van der Waals surface area contributed by atoms with E-state index in [2.05, 4.69) is 12.4 Å². The molecule has 0 unspecified atom stereocenters.